The fraction of sp³-hybridized carbons (Fsp3) is 0.533. The number of anilines is 2. The lowest BCUT2D eigenvalue weighted by molar-refractivity contribution is 0.101. The summed E-state index contributed by atoms with van der Waals surface area (Å²) in [6.07, 6.45) is 4.81. The number of aliphatic hydroxyl groups is 1. The second-order valence-electron chi connectivity index (χ2n) is 5.18. The van der Waals surface area contributed by atoms with Crippen molar-refractivity contribution >= 4 is 17.2 Å². The molecule has 104 valence electrons. The maximum absolute atomic E-state index is 11.4. The molecule has 2 rings (SSSR count). The van der Waals surface area contributed by atoms with Gasteiger partial charge in [-0.1, -0.05) is 12.8 Å². The van der Waals surface area contributed by atoms with E-state index in [1.54, 1.807) is 6.07 Å². The van der Waals surface area contributed by atoms with E-state index in [1.165, 1.54) is 19.8 Å². The zero-order chi connectivity index (χ0) is 13.8. The number of carbonyl (C=O) groups is 1. The van der Waals surface area contributed by atoms with Gasteiger partial charge in [0.05, 0.1) is 6.61 Å². The van der Waals surface area contributed by atoms with E-state index in [4.69, 9.17) is 5.73 Å². The Labute approximate surface area is 114 Å². The number of benzene rings is 1. The van der Waals surface area contributed by atoms with Crippen LogP contribution in [0.25, 0.3) is 0 Å². The average molecular weight is 262 g/mol. The molecule has 0 radical (unpaired) electrons. The van der Waals surface area contributed by atoms with E-state index in [1.807, 2.05) is 12.1 Å². The zero-order valence-corrected chi connectivity index (χ0v) is 11.4. The van der Waals surface area contributed by atoms with Crippen LogP contribution < -0.4 is 10.6 Å². The molecule has 1 aromatic carbocycles. The highest BCUT2D eigenvalue weighted by Crippen LogP contribution is 2.30. The number of rotatable bonds is 5. The summed E-state index contributed by atoms with van der Waals surface area (Å²) in [7, 11) is 0. The van der Waals surface area contributed by atoms with Crippen molar-refractivity contribution < 1.29 is 9.90 Å². The molecule has 1 aliphatic rings. The molecule has 0 aromatic heterocycles. The van der Waals surface area contributed by atoms with Crippen molar-refractivity contribution in [1.29, 1.82) is 0 Å². The SMILES string of the molecule is CC(=O)c1ccc(N(CCO)C2CCCC2)cc1N. The van der Waals surface area contributed by atoms with Gasteiger partial charge in [-0.3, -0.25) is 4.79 Å². The lowest BCUT2D eigenvalue weighted by atomic mass is 10.1. The molecule has 1 aliphatic carbocycles. The van der Waals surface area contributed by atoms with Crippen LogP contribution in [0.15, 0.2) is 18.2 Å². The largest absolute Gasteiger partial charge is 0.398 e. The van der Waals surface area contributed by atoms with E-state index >= 15 is 0 Å². The van der Waals surface area contributed by atoms with Crippen LogP contribution in [0, 0.1) is 0 Å². The first-order valence-corrected chi connectivity index (χ1v) is 6.91. The van der Waals surface area contributed by atoms with Crippen LogP contribution in [0.1, 0.15) is 43.0 Å². The molecule has 1 aromatic rings. The number of Topliss-reactive ketones (excluding diaryl/α,β-unsaturated/α-hetero) is 1. The van der Waals surface area contributed by atoms with Gasteiger partial charge in [0.1, 0.15) is 0 Å². The molecule has 0 aliphatic heterocycles. The topological polar surface area (TPSA) is 66.6 Å². The zero-order valence-electron chi connectivity index (χ0n) is 11.4. The van der Waals surface area contributed by atoms with Gasteiger partial charge in [0, 0.05) is 29.5 Å². The van der Waals surface area contributed by atoms with Crippen LogP contribution in [0.3, 0.4) is 0 Å². The minimum Gasteiger partial charge on any atom is -0.398 e. The standard InChI is InChI=1S/C15H22N2O2/c1-11(19)14-7-6-13(10-15(14)16)17(8-9-18)12-4-2-3-5-12/h6-7,10,12,18H,2-5,8-9,16H2,1H3. The Bertz CT molecular complexity index is 453. The van der Waals surface area contributed by atoms with E-state index in [9.17, 15) is 9.90 Å². The molecule has 0 unspecified atom stereocenters. The van der Waals surface area contributed by atoms with E-state index in [0.717, 1.165) is 18.5 Å². The van der Waals surface area contributed by atoms with Crippen molar-refractivity contribution in [3.8, 4) is 0 Å². The van der Waals surface area contributed by atoms with Crippen LogP contribution in [0.4, 0.5) is 11.4 Å². The monoisotopic (exact) mass is 262 g/mol. The first-order chi connectivity index (χ1) is 9.13. The summed E-state index contributed by atoms with van der Waals surface area (Å²) in [4.78, 5) is 13.6. The van der Waals surface area contributed by atoms with Crippen molar-refractivity contribution in [2.24, 2.45) is 0 Å². The highest BCUT2D eigenvalue weighted by Gasteiger charge is 2.23. The molecular formula is C15H22N2O2. The van der Waals surface area contributed by atoms with E-state index in [-0.39, 0.29) is 12.4 Å². The van der Waals surface area contributed by atoms with Crippen LogP contribution in [0.5, 0.6) is 0 Å². The van der Waals surface area contributed by atoms with Crippen molar-refractivity contribution in [3.05, 3.63) is 23.8 Å². The Morgan fingerprint density at radius 3 is 2.63 bits per heavy atom. The maximum Gasteiger partial charge on any atom is 0.161 e. The summed E-state index contributed by atoms with van der Waals surface area (Å²) in [5, 5.41) is 9.24. The number of hydrogen-bond acceptors (Lipinski definition) is 4. The predicted molar refractivity (Wildman–Crippen MR) is 77.5 cm³/mol. The highest BCUT2D eigenvalue weighted by molar-refractivity contribution is 5.99. The predicted octanol–water partition coefficient (Wildman–Crippen LogP) is 2.21. The smallest absolute Gasteiger partial charge is 0.161 e. The summed E-state index contributed by atoms with van der Waals surface area (Å²) in [5.74, 6) is -0.0152. The number of nitrogen functional groups attached to an aromatic ring is 1. The van der Waals surface area contributed by atoms with Gasteiger partial charge in [0.15, 0.2) is 5.78 Å². The Morgan fingerprint density at radius 1 is 1.42 bits per heavy atom. The second-order valence-corrected chi connectivity index (χ2v) is 5.18. The minimum absolute atomic E-state index is 0.0152. The molecule has 4 heteroatoms. The third kappa shape index (κ3) is 3.07. The van der Waals surface area contributed by atoms with E-state index in [2.05, 4.69) is 4.90 Å². The van der Waals surface area contributed by atoms with Gasteiger partial charge < -0.3 is 15.7 Å². The summed E-state index contributed by atoms with van der Waals surface area (Å²) in [6.45, 7) is 2.27. The fourth-order valence-electron chi connectivity index (χ4n) is 2.90. The quantitative estimate of drug-likeness (QED) is 0.630. The Kier molecular flexibility index (Phi) is 4.43. The number of nitrogens with zero attached hydrogens (tertiary/aromatic N) is 1. The van der Waals surface area contributed by atoms with Crippen molar-refractivity contribution in [2.45, 2.75) is 38.6 Å². The van der Waals surface area contributed by atoms with Crippen molar-refractivity contribution in [1.82, 2.24) is 0 Å². The van der Waals surface area contributed by atoms with Gasteiger partial charge in [0.2, 0.25) is 0 Å². The Morgan fingerprint density at radius 2 is 2.11 bits per heavy atom. The highest BCUT2D eigenvalue weighted by atomic mass is 16.3. The minimum atomic E-state index is -0.0152. The van der Waals surface area contributed by atoms with E-state index in [0.29, 0.717) is 23.8 Å². The maximum atomic E-state index is 11.4. The van der Waals surface area contributed by atoms with Gasteiger partial charge in [-0.15, -0.1) is 0 Å². The lowest BCUT2D eigenvalue weighted by Gasteiger charge is -2.31. The molecule has 1 fully saturated rings. The molecule has 0 bridgehead atoms. The summed E-state index contributed by atoms with van der Waals surface area (Å²) >= 11 is 0. The van der Waals surface area contributed by atoms with Gasteiger partial charge in [-0.05, 0) is 38.0 Å². The number of aliphatic hydroxyl groups excluding tert-OH is 1. The second kappa shape index (κ2) is 6.06. The number of nitrogens with two attached hydrogens (primary N) is 1. The van der Waals surface area contributed by atoms with Crippen LogP contribution in [-0.2, 0) is 0 Å². The summed E-state index contributed by atoms with van der Waals surface area (Å²) in [5.41, 5.74) is 8.04. The lowest BCUT2D eigenvalue weighted by Crippen LogP contribution is -2.35. The van der Waals surface area contributed by atoms with Crippen LogP contribution >= 0.6 is 0 Å². The fourth-order valence-corrected chi connectivity index (χ4v) is 2.90. The molecule has 0 amide bonds. The Hall–Kier alpha value is -1.55. The normalized spacial score (nSPS) is 15.7. The molecule has 0 saturated heterocycles. The third-order valence-corrected chi connectivity index (χ3v) is 3.85. The molecule has 1 saturated carbocycles. The third-order valence-electron chi connectivity index (χ3n) is 3.85. The van der Waals surface area contributed by atoms with Crippen LogP contribution in [-0.4, -0.2) is 30.1 Å². The first kappa shape index (κ1) is 13.9. The summed E-state index contributed by atoms with van der Waals surface area (Å²) in [6, 6.07) is 6.05. The van der Waals surface area contributed by atoms with Gasteiger partial charge in [-0.25, -0.2) is 0 Å². The van der Waals surface area contributed by atoms with Gasteiger partial charge >= 0.3 is 0 Å². The van der Waals surface area contributed by atoms with Gasteiger partial charge in [-0.2, -0.15) is 0 Å². The molecule has 0 heterocycles. The molecule has 19 heavy (non-hydrogen) atoms. The van der Waals surface area contributed by atoms with Gasteiger partial charge in [0.25, 0.3) is 0 Å². The molecule has 0 spiro atoms. The van der Waals surface area contributed by atoms with E-state index < -0.39 is 0 Å². The molecule has 4 nitrogen and oxygen atoms in total. The molecule has 3 N–H and O–H groups in total. The number of carbonyl (C=O) groups excluding carboxylic acids is 1. The average Bonchev–Trinajstić information content (AvgIpc) is 2.89. The van der Waals surface area contributed by atoms with Crippen molar-refractivity contribution in [3.63, 3.8) is 0 Å². The first-order valence-electron chi connectivity index (χ1n) is 6.91. The number of ketones is 1. The number of hydrogen-bond donors (Lipinski definition) is 2. The molecular weight excluding hydrogens is 240 g/mol. The van der Waals surface area contributed by atoms with Crippen molar-refractivity contribution in [2.75, 3.05) is 23.8 Å². The van der Waals surface area contributed by atoms with Crippen LogP contribution in [0.2, 0.25) is 0 Å². The Balaban J connectivity index is 2.26. The molecule has 0 atom stereocenters. The summed E-state index contributed by atoms with van der Waals surface area (Å²) < 4.78 is 0.